The number of aryl methyl sites for hydroxylation is 1. The van der Waals surface area contributed by atoms with Crippen molar-refractivity contribution in [1.29, 1.82) is 0 Å². The van der Waals surface area contributed by atoms with Crippen LogP contribution in [0.3, 0.4) is 0 Å². The second kappa shape index (κ2) is 6.00. The van der Waals surface area contributed by atoms with Gasteiger partial charge in [0.25, 0.3) is 0 Å². The Hall–Kier alpha value is -1.64. The van der Waals surface area contributed by atoms with Crippen LogP contribution in [0.25, 0.3) is 0 Å². The molecule has 0 aliphatic carbocycles. The van der Waals surface area contributed by atoms with Gasteiger partial charge in [-0.05, 0) is 18.2 Å². The van der Waals surface area contributed by atoms with E-state index < -0.39 is 15.8 Å². The molecule has 2 rings (SSSR count). The molecule has 0 unspecified atom stereocenters. The first-order valence-electron chi connectivity index (χ1n) is 6.02. The average molecular weight is 333 g/mol. The van der Waals surface area contributed by atoms with Gasteiger partial charge in [-0.25, -0.2) is 17.5 Å². The highest BCUT2D eigenvalue weighted by atomic mass is 35.5. The number of benzene rings is 1. The van der Waals surface area contributed by atoms with Gasteiger partial charge in [-0.3, -0.25) is 4.68 Å². The number of rotatable bonds is 5. The molecule has 0 radical (unpaired) electrons. The van der Waals surface area contributed by atoms with Gasteiger partial charge in [0.2, 0.25) is 10.0 Å². The monoisotopic (exact) mass is 332 g/mol. The molecule has 0 aliphatic rings. The van der Waals surface area contributed by atoms with Crippen molar-refractivity contribution in [2.24, 2.45) is 7.05 Å². The van der Waals surface area contributed by atoms with E-state index in [1.54, 1.807) is 24.0 Å². The first-order chi connectivity index (χ1) is 9.81. The largest absolute Gasteiger partial charge is 0.396 e. The summed E-state index contributed by atoms with van der Waals surface area (Å²) in [6.45, 7) is 0.162. The van der Waals surface area contributed by atoms with Crippen LogP contribution in [0, 0.1) is 5.82 Å². The predicted octanol–water partition coefficient (Wildman–Crippen LogP) is 1.32. The average Bonchev–Trinajstić information content (AvgIpc) is 2.79. The van der Waals surface area contributed by atoms with Crippen molar-refractivity contribution in [1.82, 2.24) is 14.5 Å². The van der Waals surface area contributed by atoms with E-state index in [4.69, 9.17) is 17.3 Å². The zero-order chi connectivity index (χ0) is 15.6. The lowest BCUT2D eigenvalue weighted by atomic mass is 10.3. The van der Waals surface area contributed by atoms with Crippen molar-refractivity contribution in [3.8, 4) is 0 Å². The Balaban J connectivity index is 2.12. The number of sulfonamides is 1. The molecule has 0 atom stereocenters. The first kappa shape index (κ1) is 15.7. The minimum Gasteiger partial charge on any atom is -0.396 e. The molecule has 1 heterocycles. The molecular weight excluding hydrogens is 319 g/mol. The van der Waals surface area contributed by atoms with E-state index >= 15 is 0 Å². The summed E-state index contributed by atoms with van der Waals surface area (Å²) in [6, 6.07) is 3.67. The molecule has 1 aromatic carbocycles. The van der Waals surface area contributed by atoms with Gasteiger partial charge >= 0.3 is 0 Å². The number of anilines is 1. The van der Waals surface area contributed by atoms with E-state index in [2.05, 4.69) is 9.82 Å². The Kier molecular flexibility index (Phi) is 4.50. The highest BCUT2D eigenvalue weighted by Crippen LogP contribution is 2.26. The third-order valence-electron chi connectivity index (χ3n) is 2.94. The van der Waals surface area contributed by atoms with Crippen LogP contribution in [0.4, 0.5) is 10.1 Å². The number of nitrogens with zero attached hydrogens (tertiary/aromatic N) is 2. The van der Waals surface area contributed by atoms with Crippen molar-refractivity contribution in [3.63, 3.8) is 0 Å². The molecule has 21 heavy (non-hydrogen) atoms. The fourth-order valence-corrected chi connectivity index (χ4v) is 3.37. The molecule has 0 aliphatic heterocycles. The Labute approximate surface area is 126 Å². The number of aromatic nitrogens is 2. The topological polar surface area (TPSA) is 90.0 Å². The Morgan fingerprint density at radius 3 is 2.81 bits per heavy atom. The lowest BCUT2D eigenvalue weighted by Gasteiger charge is -2.09. The molecule has 0 saturated carbocycles. The van der Waals surface area contributed by atoms with Gasteiger partial charge in [0.1, 0.15) is 10.7 Å². The van der Waals surface area contributed by atoms with Crippen molar-refractivity contribution in [2.45, 2.75) is 11.3 Å². The Morgan fingerprint density at radius 2 is 2.19 bits per heavy atom. The van der Waals surface area contributed by atoms with Crippen LogP contribution in [-0.4, -0.2) is 24.7 Å². The van der Waals surface area contributed by atoms with Crippen LogP contribution in [0.1, 0.15) is 5.69 Å². The molecule has 3 N–H and O–H groups in total. The second-order valence-electron chi connectivity index (χ2n) is 4.40. The quantitative estimate of drug-likeness (QED) is 0.808. The van der Waals surface area contributed by atoms with Crippen molar-refractivity contribution in [2.75, 3.05) is 12.3 Å². The number of halogens is 2. The predicted molar refractivity (Wildman–Crippen MR) is 77.9 cm³/mol. The number of nitrogens with one attached hydrogen (secondary N) is 1. The second-order valence-corrected chi connectivity index (χ2v) is 6.54. The fraction of sp³-hybridized carbons (Fsp3) is 0.250. The summed E-state index contributed by atoms with van der Waals surface area (Å²) >= 11 is 5.76. The number of hydrogen-bond donors (Lipinski definition) is 2. The van der Waals surface area contributed by atoms with Crippen LogP contribution in [0.2, 0.25) is 5.02 Å². The van der Waals surface area contributed by atoms with Crippen LogP contribution < -0.4 is 10.5 Å². The van der Waals surface area contributed by atoms with E-state index in [-0.39, 0.29) is 22.2 Å². The highest BCUT2D eigenvalue weighted by Gasteiger charge is 2.19. The van der Waals surface area contributed by atoms with E-state index in [9.17, 15) is 12.8 Å². The standard InChI is InChI=1S/C12H14ClFN4O2S/c1-18-8(2-4-16-18)3-5-17-21(19,20)12-7-11(15)10(14)6-9(12)13/h2,4,6-7,17H,3,5,15H2,1H3. The van der Waals surface area contributed by atoms with E-state index in [1.807, 2.05) is 0 Å². The summed E-state index contributed by atoms with van der Waals surface area (Å²) in [4.78, 5) is -0.243. The van der Waals surface area contributed by atoms with Gasteiger partial charge in [0.05, 0.1) is 10.7 Å². The van der Waals surface area contributed by atoms with E-state index in [1.165, 1.54) is 0 Å². The molecule has 0 bridgehead atoms. The van der Waals surface area contributed by atoms with Gasteiger partial charge in [-0.15, -0.1) is 0 Å². The molecule has 0 fully saturated rings. The zero-order valence-electron chi connectivity index (χ0n) is 11.2. The van der Waals surface area contributed by atoms with Gasteiger partial charge in [0, 0.05) is 31.9 Å². The molecule has 0 spiro atoms. The summed E-state index contributed by atoms with van der Waals surface area (Å²) in [5, 5.41) is 3.77. The van der Waals surface area contributed by atoms with Gasteiger partial charge in [-0.1, -0.05) is 11.6 Å². The summed E-state index contributed by atoms with van der Waals surface area (Å²) < 4.78 is 41.5. The maximum atomic E-state index is 13.2. The van der Waals surface area contributed by atoms with Gasteiger partial charge in [0.15, 0.2) is 0 Å². The van der Waals surface area contributed by atoms with Crippen LogP contribution in [0.15, 0.2) is 29.3 Å². The lowest BCUT2D eigenvalue weighted by Crippen LogP contribution is -2.27. The van der Waals surface area contributed by atoms with Crippen LogP contribution >= 0.6 is 11.6 Å². The van der Waals surface area contributed by atoms with Gasteiger partial charge < -0.3 is 5.73 Å². The molecule has 0 amide bonds. The Morgan fingerprint density at radius 1 is 1.48 bits per heavy atom. The summed E-state index contributed by atoms with van der Waals surface area (Å²) in [6.07, 6.45) is 2.09. The summed E-state index contributed by atoms with van der Waals surface area (Å²) in [5.41, 5.74) is 5.98. The number of nitrogen functional groups attached to an aromatic ring is 1. The molecule has 114 valence electrons. The van der Waals surface area contributed by atoms with Crippen molar-refractivity contribution in [3.05, 3.63) is 40.9 Å². The maximum absolute atomic E-state index is 13.2. The van der Waals surface area contributed by atoms with Gasteiger partial charge in [-0.2, -0.15) is 5.10 Å². The highest BCUT2D eigenvalue weighted by molar-refractivity contribution is 7.89. The molecular formula is C12H14ClFN4O2S. The molecule has 6 nitrogen and oxygen atoms in total. The Bertz CT molecular complexity index is 761. The molecule has 0 saturated heterocycles. The van der Waals surface area contributed by atoms with E-state index in [0.29, 0.717) is 6.42 Å². The van der Waals surface area contributed by atoms with Crippen molar-refractivity contribution < 1.29 is 12.8 Å². The summed E-state index contributed by atoms with van der Waals surface area (Å²) in [7, 11) is -2.09. The minimum atomic E-state index is -3.85. The minimum absolute atomic E-state index is 0.162. The van der Waals surface area contributed by atoms with Crippen LogP contribution in [0.5, 0.6) is 0 Å². The fourth-order valence-electron chi connectivity index (χ4n) is 1.79. The molecule has 1 aromatic heterocycles. The number of hydrogen-bond acceptors (Lipinski definition) is 4. The van der Waals surface area contributed by atoms with Crippen molar-refractivity contribution >= 4 is 27.3 Å². The lowest BCUT2D eigenvalue weighted by molar-refractivity contribution is 0.579. The molecule has 9 heteroatoms. The third kappa shape index (κ3) is 3.52. The molecule has 2 aromatic rings. The van der Waals surface area contributed by atoms with E-state index in [0.717, 1.165) is 17.8 Å². The zero-order valence-corrected chi connectivity index (χ0v) is 12.7. The maximum Gasteiger partial charge on any atom is 0.242 e. The third-order valence-corrected chi connectivity index (χ3v) is 4.86. The normalized spacial score (nSPS) is 11.8. The van der Waals surface area contributed by atoms with Crippen LogP contribution in [-0.2, 0) is 23.5 Å². The summed E-state index contributed by atoms with van der Waals surface area (Å²) in [5.74, 6) is -0.756. The number of nitrogens with two attached hydrogens (primary N) is 1. The smallest absolute Gasteiger partial charge is 0.242 e. The SMILES string of the molecule is Cn1nccc1CCNS(=O)(=O)c1cc(N)c(F)cc1Cl. The first-order valence-corrected chi connectivity index (χ1v) is 7.88.